The van der Waals surface area contributed by atoms with Gasteiger partial charge in [-0.1, -0.05) is 38.1 Å². The first-order chi connectivity index (χ1) is 8.08. The van der Waals surface area contributed by atoms with Crippen molar-refractivity contribution in [3.8, 4) is 11.1 Å². The summed E-state index contributed by atoms with van der Waals surface area (Å²) in [6.07, 6.45) is 1.84. The van der Waals surface area contributed by atoms with Gasteiger partial charge < -0.3 is 5.73 Å². The van der Waals surface area contributed by atoms with Gasteiger partial charge in [-0.2, -0.15) is 0 Å². The van der Waals surface area contributed by atoms with Crippen molar-refractivity contribution in [1.29, 1.82) is 0 Å². The minimum absolute atomic E-state index is 0.565. The SMILES string of the molecule is Cc1cc(N)ncc1-c1ccc(C(C)C)cc1. The number of aromatic nitrogens is 1. The van der Waals surface area contributed by atoms with E-state index < -0.39 is 0 Å². The predicted molar refractivity (Wildman–Crippen MR) is 72.9 cm³/mol. The van der Waals surface area contributed by atoms with Gasteiger partial charge >= 0.3 is 0 Å². The standard InChI is InChI=1S/C15H18N2/c1-10(2)12-4-6-13(7-5-12)14-9-17-15(16)8-11(14)3/h4-10H,1-3H3,(H2,16,17). The molecule has 2 aromatic rings. The lowest BCUT2D eigenvalue weighted by atomic mass is 9.98. The van der Waals surface area contributed by atoms with Crippen molar-refractivity contribution in [2.75, 3.05) is 5.73 Å². The quantitative estimate of drug-likeness (QED) is 0.846. The number of hydrogen-bond donors (Lipinski definition) is 1. The molecule has 1 aromatic carbocycles. The Bertz CT molecular complexity index is 513. The molecule has 0 spiro atoms. The van der Waals surface area contributed by atoms with E-state index in [-0.39, 0.29) is 0 Å². The van der Waals surface area contributed by atoms with E-state index in [2.05, 4.69) is 50.0 Å². The van der Waals surface area contributed by atoms with E-state index in [0.717, 1.165) is 11.1 Å². The first-order valence-corrected chi connectivity index (χ1v) is 5.90. The molecule has 2 N–H and O–H groups in total. The maximum absolute atomic E-state index is 5.66. The maximum atomic E-state index is 5.66. The monoisotopic (exact) mass is 226 g/mol. The van der Waals surface area contributed by atoms with Crippen LogP contribution in [-0.4, -0.2) is 4.98 Å². The maximum Gasteiger partial charge on any atom is 0.123 e. The molecule has 0 amide bonds. The van der Waals surface area contributed by atoms with Crippen LogP contribution in [0, 0.1) is 6.92 Å². The summed E-state index contributed by atoms with van der Waals surface area (Å²) in [5.41, 5.74) is 10.5. The number of pyridine rings is 1. The minimum Gasteiger partial charge on any atom is -0.384 e. The lowest BCUT2D eigenvalue weighted by molar-refractivity contribution is 0.867. The number of nitrogens with zero attached hydrogens (tertiary/aromatic N) is 1. The second-order valence-electron chi connectivity index (χ2n) is 4.70. The van der Waals surface area contributed by atoms with Gasteiger partial charge in [0.05, 0.1) is 0 Å². The summed E-state index contributed by atoms with van der Waals surface area (Å²) >= 11 is 0. The lowest BCUT2D eigenvalue weighted by Gasteiger charge is -2.09. The highest BCUT2D eigenvalue weighted by molar-refractivity contribution is 5.67. The molecule has 0 fully saturated rings. The number of benzene rings is 1. The number of aryl methyl sites for hydroxylation is 1. The summed E-state index contributed by atoms with van der Waals surface area (Å²) in [4.78, 5) is 4.15. The van der Waals surface area contributed by atoms with Crippen LogP contribution in [0.25, 0.3) is 11.1 Å². The van der Waals surface area contributed by atoms with Crippen molar-refractivity contribution in [2.24, 2.45) is 0 Å². The van der Waals surface area contributed by atoms with Gasteiger partial charge in [-0.05, 0) is 35.6 Å². The van der Waals surface area contributed by atoms with Gasteiger partial charge in [-0.15, -0.1) is 0 Å². The third-order valence-corrected chi connectivity index (χ3v) is 3.02. The molecule has 1 aromatic heterocycles. The number of nitrogens with two attached hydrogens (primary N) is 1. The van der Waals surface area contributed by atoms with Gasteiger partial charge in [0.2, 0.25) is 0 Å². The molecule has 0 aliphatic carbocycles. The highest BCUT2D eigenvalue weighted by atomic mass is 14.8. The average molecular weight is 226 g/mol. The summed E-state index contributed by atoms with van der Waals surface area (Å²) < 4.78 is 0. The Morgan fingerprint density at radius 1 is 1.12 bits per heavy atom. The molecule has 0 bridgehead atoms. The molecule has 2 rings (SSSR count). The molecule has 2 heteroatoms. The Balaban J connectivity index is 2.40. The van der Waals surface area contributed by atoms with Crippen LogP contribution in [0.5, 0.6) is 0 Å². The summed E-state index contributed by atoms with van der Waals surface area (Å²) in [7, 11) is 0. The summed E-state index contributed by atoms with van der Waals surface area (Å²) in [6.45, 7) is 6.46. The van der Waals surface area contributed by atoms with E-state index >= 15 is 0 Å². The van der Waals surface area contributed by atoms with Crippen molar-refractivity contribution < 1.29 is 0 Å². The second kappa shape index (κ2) is 4.58. The highest BCUT2D eigenvalue weighted by Crippen LogP contribution is 2.25. The zero-order valence-electron chi connectivity index (χ0n) is 10.6. The van der Waals surface area contributed by atoms with Crippen molar-refractivity contribution in [3.63, 3.8) is 0 Å². The zero-order chi connectivity index (χ0) is 12.4. The predicted octanol–water partition coefficient (Wildman–Crippen LogP) is 3.76. The van der Waals surface area contributed by atoms with Crippen molar-refractivity contribution >= 4 is 5.82 Å². The van der Waals surface area contributed by atoms with Crippen LogP contribution in [0.15, 0.2) is 36.5 Å². The molecule has 0 aliphatic rings. The van der Waals surface area contributed by atoms with Crippen LogP contribution in [0.3, 0.4) is 0 Å². The Hall–Kier alpha value is -1.83. The van der Waals surface area contributed by atoms with E-state index in [1.54, 1.807) is 0 Å². The topological polar surface area (TPSA) is 38.9 Å². The average Bonchev–Trinajstić information content (AvgIpc) is 2.29. The fraction of sp³-hybridized carbons (Fsp3) is 0.267. The molecule has 0 atom stereocenters. The van der Waals surface area contributed by atoms with Crippen LogP contribution >= 0.6 is 0 Å². The third kappa shape index (κ3) is 2.47. The molecule has 0 unspecified atom stereocenters. The van der Waals surface area contributed by atoms with Gasteiger partial charge in [0, 0.05) is 11.8 Å². The molecule has 88 valence electrons. The minimum atomic E-state index is 0.565. The van der Waals surface area contributed by atoms with Crippen LogP contribution in [0.1, 0.15) is 30.9 Å². The smallest absolute Gasteiger partial charge is 0.123 e. The zero-order valence-corrected chi connectivity index (χ0v) is 10.6. The summed E-state index contributed by atoms with van der Waals surface area (Å²) in [6, 6.07) is 10.6. The Morgan fingerprint density at radius 2 is 1.76 bits per heavy atom. The molecule has 0 aliphatic heterocycles. The van der Waals surface area contributed by atoms with Crippen molar-refractivity contribution in [2.45, 2.75) is 26.7 Å². The number of nitrogen functional groups attached to an aromatic ring is 1. The van der Waals surface area contributed by atoms with Gasteiger partial charge in [0.25, 0.3) is 0 Å². The molecule has 2 nitrogen and oxygen atoms in total. The Kier molecular flexibility index (Phi) is 3.14. The van der Waals surface area contributed by atoms with Crippen LogP contribution < -0.4 is 5.73 Å². The molecule has 0 saturated carbocycles. The summed E-state index contributed by atoms with van der Waals surface area (Å²) in [5, 5.41) is 0. The van der Waals surface area contributed by atoms with E-state index in [4.69, 9.17) is 5.73 Å². The Labute approximate surface area is 103 Å². The lowest BCUT2D eigenvalue weighted by Crippen LogP contribution is -1.93. The number of rotatable bonds is 2. The van der Waals surface area contributed by atoms with E-state index in [0.29, 0.717) is 11.7 Å². The molecular formula is C15H18N2. The molecule has 0 saturated heterocycles. The van der Waals surface area contributed by atoms with Gasteiger partial charge in [0.1, 0.15) is 5.82 Å². The summed E-state index contributed by atoms with van der Waals surface area (Å²) in [5.74, 6) is 1.14. The van der Waals surface area contributed by atoms with Crippen molar-refractivity contribution in [3.05, 3.63) is 47.7 Å². The van der Waals surface area contributed by atoms with E-state index in [9.17, 15) is 0 Å². The molecule has 1 heterocycles. The second-order valence-corrected chi connectivity index (χ2v) is 4.70. The van der Waals surface area contributed by atoms with Gasteiger partial charge in [0.15, 0.2) is 0 Å². The third-order valence-electron chi connectivity index (χ3n) is 3.02. The number of hydrogen-bond acceptors (Lipinski definition) is 2. The van der Waals surface area contributed by atoms with E-state index in [1.807, 2.05) is 12.3 Å². The fourth-order valence-electron chi connectivity index (χ4n) is 1.93. The van der Waals surface area contributed by atoms with Crippen LogP contribution in [0.4, 0.5) is 5.82 Å². The van der Waals surface area contributed by atoms with Gasteiger partial charge in [-0.3, -0.25) is 0 Å². The van der Waals surface area contributed by atoms with Crippen molar-refractivity contribution in [1.82, 2.24) is 4.98 Å². The highest BCUT2D eigenvalue weighted by Gasteiger charge is 2.04. The molecular weight excluding hydrogens is 208 g/mol. The molecule has 17 heavy (non-hydrogen) atoms. The largest absolute Gasteiger partial charge is 0.384 e. The van der Waals surface area contributed by atoms with Crippen LogP contribution in [-0.2, 0) is 0 Å². The fourth-order valence-corrected chi connectivity index (χ4v) is 1.93. The van der Waals surface area contributed by atoms with Crippen LogP contribution in [0.2, 0.25) is 0 Å². The first-order valence-electron chi connectivity index (χ1n) is 5.90. The number of anilines is 1. The molecule has 0 radical (unpaired) electrons. The normalized spacial score (nSPS) is 10.8. The van der Waals surface area contributed by atoms with Gasteiger partial charge in [-0.25, -0.2) is 4.98 Å². The Morgan fingerprint density at radius 3 is 2.29 bits per heavy atom. The first kappa shape index (κ1) is 11.6. The van der Waals surface area contributed by atoms with E-state index in [1.165, 1.54) is 11.1 Å².